The summed E-state index contributed by atoms with van der Waals surface area (Å²) in [5.41, 5.74) is 11.6. The quantitative estimate of drug-likeness (QED) is 0.433. The Morgan fingerprint density at radius 3 is 1.84 bits per heavy atom. The summed E-state index contributed by atoms with van der Waals surface area (Å²) in [6, 6.07) is -2.73. The van der Waals surface area contributed by atoms with Crippen molar-refractivity contribution in [1.82, 2.24) is 14.7 Å². The van der Waals surface area contributed by atoms with E-state index < -0.39 is 30.1 Å². The summed E-state index contributed by atoms with van der Waals surface area (Å²) in [5, 5.41) is 9.41. The summed E-state index contributed by atoms with van der Waals surface area (Å²) < 4.78 is 0. The summed E-state index contributed by atoms with van der Waals surface area (Å²) in [4.78, 5) is 55.4. The van der Waals surface area contributed by atoms with E-state index in [1.165, 1.54) is 4.90 Å². The van der Waals surface area contributed by atoms with Crippen LogP contribution in [0.3, 0.4) is 0 Å². The minimum Gasteiger partial charge on any atom is -0.480 e. The molecule has 3 rings (SSSR count). The SMILES string of the molecule is NCCCCC(N)C(=O)N1CCCC1C(=O)N1CCCC1C(=O)N1CCCC1C(=O)O. The van der Waals surface area contributed by atoms with Crippen molar-refractivity contribution in [1.29, 1.82) is 0 Å². The molecule has 10 heteroatoms. The summed E-state index contributed by atoms with van der Waals surface area (Å²) >= 11 is 0. The van der Waals surface area contributed by atoms with Crippen molar-refractivity contribution in [2.45, 2.75) is 82.0 Å². The lowest BCUT2D eigenvalue weighted by Crippen LogP contribution is -2.56. The van der Waals surface area contributed by atoms with Crippen LogP contribution in [0.5, 0.6) is 0 Å². The molecule has 0 aliphatic carbocycles. The van der Waals surface area contributed by atoms with Gasteiger partial charge in [-0.05, 0) is 57.9 Å². The number of likely N-dealkylation sites (tertiary alicyclic amines) is 3. The highest BCUT2D eigenvalue weighted by Gasteiger charge is 2.45. The molecule has 3 saturated heterocycles. The highest BCUT2D eigenvalue weighted by atomic mass is 16.4. The molecular formula is C21H35N5O5. The average molecular weight is 438 g/mol. The lowest BCUT2D eigenvalue weighted by atomic mass is 10.1. The fourth-order valence-electron chi connectivity index (χ4n) is 5.09. The fourth-order valence-corrected chi connectivity index (χ4v) is 5.09. The maximum Gasteiger partial charge on any atom is 0.326 e. The Kier molecular flexibility index (Phi) is 7.88. The lowest BCUT2D eigenvalue weighted by Gasteiger charge is -2.34. The molecule has 0 aromatic rings. The topological polar surface area (TPSA) is 150 Å². The number of hydrogen-bond donors (Lipinski definition) is 3. The Morgan fingerprint density at radius 1 is 0.806 bits per heavy atom. The second-order valence-electron chi connectivity index (χ2n) is 8.80. The minimum atomic E-state index is -1.00. The largest absolute Gasteiger partial charge is 0.480 e. The van der Waals surface area contributed by atoms with Gasteiger partial charge in [-0.15, -0.1) is 0 Å². The molecule has 0 radical (unpaired) electrons. The molecule has 5 N–H and O–H groups in total. The molecule has 0 aromatic carbocycles. The molecule has 4 atom stereocenters. The molecule has 0 spiro atoms. The van der Waals surface area contributed by atoms with Crippen LogP contribution in [0.15, 0.2) is 0 Å². The van der Waals surface area contributed by atoms with E-state index in [0.29, 0.717) is 64.7 Å². The minimum absolute atomic E-state index is 0.220. The van der Waals surface area contributed by atoms with Crippen LogP contribution < -0.4 is 11.5 Å². The smallest absolute Gasteiger partial charge is 0.326 e. The molecule has 0 aromatic heterocycles. The molecule has 3 heterocycles. The Bertz CT molecular complexity index is 702. The molecule has 3 amide bonds. The second-order valence-corrected chi connectivity index (χ2v) is 8.80. The number of unbranched alkanes of at least 4 members (excludes halogenated alkanes) is 1. The summed E-state index contributed by atoms with van der Waals surface area (Å²) in [7, 11) is 0. The normalized spacial score (nSPS) is 27.0. The van der Waals surface area contributed by atoms with E-state index in [-0.39, 0.29) is 17.7 Å². The van der Waals surface area contributed by atoms with Crippen molar-refractivity contribution < 1.29 is 24.3 Å². The molecule has 3 aliphatic rings. The van der Waals surface area contributed by atoms with E-state index >= 15 is 0 Å². The summed E-state index contributed by atoms with van der Waals surface area (Å²) in [5.74, 6) is -1.73. The number of aliphatic carboxylic acids is 1. The molecule has 0 saturated carbocycles. The first kappa shape index (κ1) is 23.5. The number of carboxylic acid groups (broad SMARTS) is 1. The number of nitrogens with zero attached hydrogens (tertiary/aromatic N) is 3. The van der Waals surface area contributed by atoms with Gasteiger partial charge in [-0.25, -0.2) is 4.79 Å². The third-order valence-corrected chi connectivity index (χ3v) is 6.75. The highest BCUT2D eigenvalue weighted by molar-refractivity contribution is 5.95. The fraction of sp³-hybridized carbons (Fsp3) is 0.810. The van der Waals surface area contributed by atoms with Crippen molar-refractivity contribution in [2.24, 2.45) is 11.5 Å². The van der Waals surface area contributed by atoms with E-state index in [4.69, 9.17) is 11.5 Å². The lowest BCUT2D eigenvalue weighted by molar-refractivity contribution is -0.153. The van der Waals surface area contributed by atoms with Crippen LogP contribution in [0.4, 0.5) is 0 Å². The molecule has 3 fully saturated rings. The third-order valence-electron chi connectivity index (χ3n) is 6.75. The standard InChI is InChI=1S/C21H35N5O5/c22-10-2-1-6-14(23)18(27)24-11-3-7-15(24)19(28)25-12-4-8-16(25)20(29)26-13-5-9-17(26)21(30)31/h14-17H,1-13,22-23H2,(H,30,31). The first-order valence-corrected chi connectivity index (χ1v) is 11.5. The number of hydrogen-bond acceptors (Lipinski definition) is 6. The molecule has 31 heavy (non-hydrogen) atoms. The van der Waals surface area contributed by atoms with Gasteiger partial charge in [0.1, 0.15) is 18.1 Å². The highest BCUT2D eigenvalue weighted by Crippen LogP contribution is 2.28. The van der Waals surface area contributed by atoms with Gasteiger partial charge in [0.25, 0.3) is 0 Å². The van der Waals surface area contributed by atoms with Crippen LogP contribution in [-0.2, 0) is 19.2 Å². The zero-order valence-electron chi connectivity index (χ0n) is 18.1. The maximum atomic E-state index is 13.4. The second kappa shape index (κ2) is 10.4. The van der Waals surface area contributed by atoms with Gasteiger partial charge in [0.15, 0.2) is 0 Å². The van der Waals surface area contributed by atoms with Crippen molar-refractivity contribution in [2.75, 3.05) is 26.2 Å². The number of carbonyl (C=O) groups excluding carboxylic acids is 3. The number of nitrogens with two attached hydrogens (primary N) is 2. The van der Waals surface area contributed by atoms with Gasteiger partial charge in [-0.2, -0.15) is 0 Å². The Balaban J connectivity index is 1.67. The van der Waals surface area contributed by atoms with Gasteiger partial charge in [0, 0.05) is 19.6 Å². The van der Waals surface area contributed by atoms with E-state index in [1.54, 1.807) is 9.80 Å². The van der Waals surface area contributed by atoms with Gasteiger partial charge in [0.05, 0.1) is 6.04 Å². The van der Waals surface area contributed by atoms with Crippen LogP contribution in [0, 0.1) is 0 Å². The van der Waals surface area contributed by atoms with Gasteiger partial charge in [-0.3, -0.25) is 14.4 Å². The van der Waals surface area contributed by atoms with E-state index in [0.717, 1.165) is 19.3 Å². The first-order chi connectivity index (χ1) is 14.9. The first-order valence-electron chi connectivity index (χ1n) is 11.5. The Morgan fingerprint density at radius 2 is 1.29 bits per heavy atom. The van der Waals surface area contributed by atoms with Crippen LogP contribution >= 0.6 is 0 Å². The number of carboxylic acids is 1. The number of rotatable bonds is 8. The van der Waals surface area contributed by atoms with E-state index in [9.17, 15) is 24.3 Å². The van der Waals surface area contributed by atoms with Crippen molar-refractivity contribution >= 4 is 23.7 Å². The summed E-state index contributed by atoms with van der Waals surface area (Å²) in [6.07, 6.45) is 5.67. The third kappa shape index (κ3) is 5.01. The molecule has 174 valence electrons. The molecule has 3 aliphatic heterocycles. The van der Waals surface area contributed by atoms with Crippen molar-refractivity contribution in [3.63, 3.8) is 0 Å². The van der Waals surface area contributed by atoms with Crippen molar-refractivity contribution in [3.05, 3.63) is 0 Å². The van der Waals surface area contributed by atoms with Crippen LogP contribution in [0.2, 0.25) is 0 Å². The predicted octanol–water partition coefficient (Wildman–Crippen LogP) is -0.500. The van der Waals surface area contributed by atoms with Crippen LogP contribution in [0.1, 0.15) is 57.8 Å². The Hall–Kier alpha value is -2.20. The van der Waals surface area contributed by atoms with Gasteiger partial charge in [-0.1, -0.05) is 6.42 Å². The molecule has 10 nitrogen and oxygen atoms in total. The Labute approximate surface area is 182 Å². The van der Waals surface area contributed by atoms with Crippen LogP contribution in [-0.4, -0.2) is 93.8 Å². The van der Waals surface area contributed by atoms with E-state index in [1.807, 2.05) is 0 Å². The number of amides is 3. The zero-order valence-corrected chi connectivity index (χ0v) is 18.1. The average Bonchev–Trinajstić information content (AvgIpc) is 3.52. The van der Waals surface area contributed by atoms with Gasteiger partial charge >= 0.3 is 5.97 Å². The summed E-state index contributed by atoms with van der Waals surface area (Å²) in [6.45, 7) is 1.89. The van der Waals surface area contributed by atoms with Crippen molar-refractivity contribution in [3.8, 4) is 0 Å². The zero-order chi connectivity index (χ0) is 22.5. The number of carbonyl (C=O) groups is 4. The van der Waals surface area contributed by atoms with Crippen LogP contribution in [0.25, 0.3) is 0 Å². The van der Waals surface area contributed by atoms with Gasteiger partial charge in [0.2, 0.25) is 17.7 Å². The van der Waals surface area contributed by atoms with E-state index in [2.05, 4.69) is 0 Å². The molecular weight excluding hydrogens is 402 g/mol. The molecule has 0 bridgehead atoms. The predicted molar refractivity (Wildman–Crippen MR) is 113 cm³/mol. The van der Waals surface area contributed by atoms with Gasteiger partial charge < -0.3 is 31.3 Å². The monoisotopic (exact) mass is 437 g/mol. The maximum absolute atomic E-state index is 13.4. The molecule has 4 unspecified atom stereocenters.